The number of carboxylic acid groups (broad SMARTS) is 2. The maximum Gasteiger partial charge on any atom is 1.00 e. The molecule has 0 saturated heterocycles. The Balaban J connectivity index is 0.00000220. The minimum absolute atomic E-state index is 0. The molecule has 0 saturated carbocycles. The third-order valence-electron chi connectivity index (χ3n) is 2.69. The minimum atomic E-state index is -1.46. The molecule has 0 aromatic heterocycles. The van der Waals surface area contributed by atoms with Gasteiger partial charge >= 0.3 is 59.1 Å². The largest absolute Gasteiger partial charge is 1.00 e. The van der Waals surface area contributed by atoms with Crippen LogP contribution in [0.3, 0.4) is 0 Å². The van der Waals surface area contributed by atoms with Crippen molar-refractivity contribution in [2.24, 2.45) is 0 Å². The summed E-state index contributed by atoms with van der Waals surface area (Å²) in [4.78, 5) is 22.3. The summed E-state index contributed by atoms with van der Waals surface area (Å²) < 4.78 is 0. The van der Waals surface area contributed by atoms with Gasteiger partial charge in [-0.3, -0.25) is 0 Å². The van der Waals surface area contributed by atoms with Gasteiger partial charge in [0, 0.05) is 21.2 Å². The second-order valence-corrected chi connectivity index (χ2v) is 4.83. The van der Waals surface area contributed by atoms with Crippen molar-refractivity contribution < 1.29 is 78.9 Å². The summed E-state index contributed by atoms with van der Waals surface area (Å²) in [5.74, 6) is -2.91. The van der Waals surface area contributed by atoms with Gasteiger partial charge in [0.05, 0.1) is 11.9 Å². The topological polar surface area (TPSA) is 80.3 Å². The summed E-state index contributed by atoms with van der Waals surface area (Å²) in [5, 5.41) is 22.7. The van der Waals surface area contributed by atoms with E-state index in [-0.39, 0.29) is 91.4 Å². The van der Waals surface area contributed by atoms with Crippen molar-refractivity contribution in [2.75, 3.05) is 0 Å². The van der Waals surface area contributed by atoms with Gasteiger partial charge in [-0.15, -0.1) is 0 Å². The number of aromatic carboxylic acids is 2. The Kier molecular flexibility index (Phi) is 9.29. The van der Waals surface area contributed by atoms with Crippen LogP contribution in [0.2, 0.25) is 10.0 Å². The van der Waals surface area contributed by atoms with Crippen LogP contribution in [0.5, 0.6) is 0 Å². The van der Waals surface area contributed by atoms with E-state index in [4.69, 9.17) is 23.2 Å². The standard InChI is InChI=1S/C14H8Cl2O4.2Na/c15-7-1-3-9(11(5-7)13(17)18)10-4-2-8(16)6-12(10)14(19)20;;/h1-6H,(H,17,18)(H,19,20);;/q;2*+1/p-2. The van der Waals surface area contributed by atoms with E-state index in [9.17, 15) is 19.8 Å². The van der Waals surface area contributed by atoms with E-state index in [1.54, 1.807) is 0 Å². The van der Waals surface area contributed by atoms with Crippen LogP contribution in [0, 0.1) is 0 Å². The molecule has 0 bridgehead atoms. The van der Waals surface area contributed by atoms with Crippen molar-refractivity contribution >= 4 is 35.1 Å². The molecule has 8 heteroatoms. The summed E-state index contributed by atoms with van der Waals surface area (Å²) in [6.45, 7) is 0. The Labute approximate surface area is 181 Å². The van der Waals surface area contributed by atoms with Crippen molar-refractivity contribution in [1.29, 1.82) is 0 Å². The van der Waals surface area contributed by atoms with Gasteiger partial charge in [-0.05, 0) is 35.4 Å². The number of carboxylic acids is 2. The van der Waals surface area contributed by atoms with E-state index in [1.807, 2.05) is 0 Å². The number of rotatable bonds is 3. The Morgan fingerprint density at radius 2 is 1.05 bits per heavy atom. The van der Waals surface area contributed by atoms with Crippen LogP contribution >= 0.6 is 23.2 Å². The molecule has 0 fully saturated rings. The molecule has 0 aliphatic carbocycles. The summed E-state index contributed by atoms with van der Waals surface area (Å²) >= 11 is 11.5. The van der Waals surface area contributed by atoms with E-state index >= 15 is 0 Å². The number of halogens is 2. The molecule has 0 atom stereocenters. The fourth-order valence-corrected chi connectivity index (χ4v) is 2.18. The molecule has 0 heterocycles. The molecular formula is C14H6Cl2Na2O4. The molecule has 0 spiro atoms. The van der Waals surface area contributed by atoms with Gasteiger partial charge in [0.2, 0.25) is 0 Å². The molecule has 0 unspecified atom stereocenters. The zero-order valence-electron chi connectivity index (χ0n) is 11.9. The molecule has 2 aromatic rings. The first-order valence-corrected chi connectivity index (χ1v) is 6.18. The fraction of sp³-hybridized carbons (Fsp3) is 0. The Hall–Kier alpha value is -0.0400. The zero-order chi connectivity index (χ0) is 14.9. The first-order chi connectivity index (χ1) is 9.40. The van der Waals surface area contributed by atoms with Gasteiger partial charge < -0.3 is 19.8 Å². The van der Waals surface area contributed by atoms with Crippen LogP contribution in [0.1, 0.15) is 20.7 Å². The second-order valence-electron chi connectivity index (χ2n) is 3.95. The minimum Gasteiger partial charge on any atom is -0.545 e. The smallest absolute Gasteiger partial charge is 0.545 e. The van der Waals surface area contributed by atoms with Crippen molar-refractivity contribution in [1.82, 2.24) is 0 Å². The van der Waals surface area contributed by atoms with Gasteiger partial charge in [-0.2, -0.15) is 0 Å². The maximum atomic E-state index is 11.1. The number of hydrogen-bond acceptors (Lipinski definition) is 4. The number of carbonyl (C=O) groups is 2. The average Bonchev–Trinajstić information content (AvgIpc) is 2.38. The molecular weight excluding hydrogens is 349 g/mol. The quantitative estimate of drug-likeness (QED) is 0.519. The predicted molar refractivity (Wildman–Crippen MR) is 70.6 cm³/mol. The van der Waals surface area contributed by atoms with Crippen LogP contribution in [0.25, 0.3) is 11.1 Å². The molecule has 4 nitrogen and oxygen atoms in total. The summed E-state index contributed by atoms with van der Waals surface area (Å²) in [5.41, 5.74) is -0.0693. The Morgan fingerprint density at radius 3 is 1.32 bits per heavy atom. The van der Waals surface area contributed by atoms with Crippen LogP contribution in [0.4, 0.5) is 0 Å². The molecule has 0 radical (unpaired) electrons. The molecule has 0 aliphatic rings. The molecule has 0 aliphatic heterocycles. The number of carbonyl (C=O) groups excluding carboxylic acids is 2. The molecule has 22 heavy (non-hydrogen) atoms. The number of benzene rings is 2. The van der Waals surface area contributed by atoms with E-state index in [0.717, 1.165) is 0 Å². The summed E-state index contributed by atoms with van der Waals surface area (Å²) in [7, 11) is 0. The van der Waals surface area contributed by atoms with Crippen LogP contribution < -0.4 is 69.3 Å². The van der Waals surface area contributed by atoms with E-state index in [2.05, 4.69) is 0 Å². The van der Waals surface area contributed by atoms with Gasteiger partial charge in [-0.25, -0.2) is 0 Å². The van der Waals surface area contributed by atoms with Gasteiger partial charge in [0.25, 0.3) is 0 Å². The van der Waals surface area contributed by atoms with Gasteiger partial charge in [-0.1, -0.05) is 35.3 Å². The molecule has 0 amide bonds. The van der Waals surface area contributed by atoms with Crippen LogP contribution in [-0.2, 0) is 0 Å². The van der Waals surface area contributed by atoms with Crippen molar-refractivity contribution in [3.8, 4) is 11.1 Å². The summed E-state index contributed by atoms with van der Waals surface area (Å²) in [6, 6.07) is 8.11. The average molecular weight is 355 g/mol. The first-order valence-electron chi connectivity index (χ1n) is 5.42. The van der Waals surface area contributed by atoms with Gasteiger partial charge in [0.15, 0.2) is 0 Å². The number of hydrogen-bond donors (Lipinski definition) is 0. The van der Waals surface area contributed by atoms with E-state index < -0.39 is 11.9 Å². The van der Waals surface area contributed by atoms with Crippen LogP contribution in [0.15, 0.2) is 36.4 Å². The first kappa shape index (κ1) is 22.0. The molecule has 0 N–H and O–H groups in total. The monoisotopic (exact) mass is 354 g/mol. The Bertz CT molecular complexity index is 658. The Morgan fingerprint density at radius 1 is 0.727 bits per heavy atom. The van der Waals surface area contributed by atoms with Gasteiger partial charge in [0.1, 0.15) is 0 Å². The van der Waals surface area contributed by atoms with Crippen molar-refractivity contribution in [3.05, 3.63) is 57.6 Å². The maximum absolute atomic E-state index is 11.1. The SMILES string of the molecule is O=C([O-])c1cc(Cl)ccc1-c1ccc(Cl)cc1C(=O)[O-].[Na+].[Na+]. The van der Waals surface area contributed by atoms with E-state index in [1.165, 1.54) is 36.4 Å². The van der Waals surface area contributed by atoms with Crippen LogP contribution in [-0.4, -0.2) is 11.9 Å². The normalized spacial score (nSPS) is 9.36. The fourth-order valence-electron chi connectivity index (χ4n) is 1.84. The predicted octanol–water partition coefficient (Wildman–Crippen LogP) is -4.60. The van der Waals surface area contributed by atoms with E-state index in [0.29, 0.717) is 0 Å². The van der Waals surface area contributed by atoms with Crippen molar-refractivity contribution in [2.45, 2.75) is 0 Å². The third kappa shape index (κ3) is 4.98. The molecule has 2 aromatic carbocycles. The molecule has 102 valence electrons. The summed E-state index contributed by atoms with van der Waals surface area (Å²) in [6.07, 6.45) is 0. The van der Waals surface area contributed by atoms with Crippen molar-refractivity contribution in [3.63, 3.8) is 0 Å². The third-order valence-corrected chi connectivity index (χ3v) is 3.16. The molecule has 2 rings (SSSR count). The zero-order valence-corrected chi connectivity index (χ0v) is 17.4. The second kappa shape index (κ2) is 9.30.